The molecule has 106 valence electrons. The maximum Gasteiger partial charge on any atom is 0.257 e. The van der Waals surface area contributed by atoms with Crippen molar-refractivity contribution in [1.82, 2.24) is 15.3 Å². The van der Waals surface area contributed by atoms with E-state index >= 15 is 0 Å². The number of rotatable bonds is 6. The lowest BCUT2D eigenvalue weighted by Gasteiger charge is -2.17. The van der Waals surface area contributed by atoms with Crippen molar-refractivity contribution < 1.29 is 19.7 Å². The van der Waals surface area contributed by atoms with Gasteiger partial charge in [0.05, 0.1) is 25.1 Å². The maximum absolute atomic E-state index is 10.7. The molecule has 0 spiro atoms. The highest BCUT2D eigenvalue weighted by Gasteiger charge is 2.21. The average Bonchev–Trinajstić information content (AvgIpc) is 2.38. The lowest BCUT2D eigenvalue weighted by Crippen LogP contribution is -2.28. The number of amides is 1. The molecule has 2 atom stereocenters. The van der Waals surface area contributed by atoms with E-state index in [0.29, 0.717) is 0 Å². The largest absolute Gasteiger partial charge is 0.478 e. The third-order valence-corrected chi connectivity index (χ3v) is 2.46. The number of carbonyl (C=O) groups is 1. The fourth-order valence-corrected chi connectivity index (χ4v) is 1.44. The van der Waals surface area contributed by atoms with Gasteiger partial charge in [0.25, 0.3) is 5.88 Å². The van der Waals surface area contributed by atoms with Gasteiger partial charge in [-0.2, -0.15) is 0 Å². The van der Waals surface area contributed by atoms with Gasteiger partial charge in [-0.25, -0.2) is 9.97 Å². The van der Waals surface area contributed by atoms with Gasteiger partial charge in [-0.15, -0.1) is 0 Å². The summed E-state index contributed by atoms with van der Waals surface area (Å²) in [5.74, 6) is -0.00701. The van der Waals surface area contributed by atoms with E-state index in [1.165, 1.54) is 20.2 Å². The Morgan fingerprint density at radius 3 is 2.84 bits per heavy atom. The lowest BCUT2D eigenvalue weighted by molar-refractivity contribution is -0.119. The summed E-state index contributed by atoms with van der Waals surface area (Å²) in [4.78, 5) is 18.4. The minimum absolute atomic E-state index is 0.0885. The van der Waals surface area contributed by atoms with E-state index in [1.54, 1.807) is 0 Å². The summed E-state index contributed by atoms with van der Waals surface area (Å²) in [6.45, 7) is 1.63. The van der Waals surface area contributed by atoms with Crippen LogP contribution in [0.4, 0.5) is 5.82 Å². The highest BCUT2D eigenvalue weighted by molar-refractivity contribution is 5.72. The SMILES string of the molecule is COc1nc(C(O)C(O)CCNC(C)=O)cnc1N. The summed E-state index contributed by atoms with van der Waals surface area (Å²) in [5.41, 5.74) is 5.65. The van der Waals surface area contributed by atoms with Crippen LogP contribution in [-0.4, -0.2) is 45.8 Å². The number of hydrogen-bond donors (Lipinski definition) is 4. The van der Waals surface area contributed by atoms with Crippen molar-refractivity contribution in [3.05, 3.63) is 11.9 Å². The van der Waals surface area contributed by atoms with Crippen molar-refractivity contribution in [3.8, 4) is 5.88 Å². The van der Waals surface area contributed by atoms with Crippen LogP contribution in [0.2, 0.25) is 0 Å². The van der Waals surface area contributed by atoms with Crippen LogP contribution < -0.4 is 15.8 Å². The van der Waals surface area contributed by atoms with E-state index in [-0.39, 0.29) is 36.3 Å². The normalized spacial score (nSPS) is 13.7. The fourth-order valence-electron chi connectivity index (χ4n) is 1.44. The summed E-state index contributed by atoms with van der Waals surface area (Å²) < 4.78 is 4.88. The molecule has 0 saturated heterocycles. The first kappa shape index (κ1) is 15.1. The van der Waals surface area contributed by atoms with E-state index in [1.807, 2.05) is 0 Å². The minimum atomic E-state index is -1.23. The number of methoxy groups -OCH3 is 1. The second-order valence-corrected chi connectivity index (χ2v) is 3.97. The second-order valence-electron chi connectivity index (χ2n) is 3.97. The first-order chi connectivity index (χ1) is 8.95. The Morgan fingerprint density at radius 1 is 1.58 bits per heavy atom. The number of ether oxygens (including phenoxy) is 1. The molecule has 1 rings (SSSR count). The zero-order valence-electron chi connectivity index (χ0n) is 10.8. The number of aromatic nitrogens is 2. The highest BCUT2D eigenvalue weighted by Crippen LogP contribution is 2.21. The van der Waals surface area contributed by atoms with E-state index in [4.69, 9.17) is 10.5 Å². The summed E-state index contributed by atoms with van der Waals surface area (Å²) in [5, 5.41) is 22.2. The van der Waals surface area contributed by atoms with Crippen LogP contribution >= 0.6 is 0 Å². The fraction of sp³-hybridized carbons (Fsp3) is 0.545. The topological polar surface area (TPSA) is 131 Å². The molecule has 0 fully saturated rings. The molecule has 5 N–H and O–H groups in total. The van der Waals surface area contributed by atoms with Gasteiger partial charge >= 0.3 is 0 Å². The van der Waals surface area contributed by atoms with E-state index in [2.05, 4.69) is 15.3 Å². The molecule has 0 aromatic carbocycles. The summed E-state index contributed by atoms with van der Waals surface area (Å²) >= 11 is 0. The van der Waals surface area contributed by atoms with Crippen LogP contribution in [0.1, 0.15) is 25.1 Å². The molecule has 1 aromatic rings. The molecule has 0 saturated carbocycles. The van der Waals surface area contributed by atoms with Crippen molar-refractivity contribution in [2.75, 3.05) is 19.4 Å². The van der Waals surface area contributed by atoms with Crippen LogP contribution in [0.5, 0.6) is 5.88 Å². The Balaban J connectivity index is 2.65. The van der Waals surface area contributed by atoms with Crippen LogP contribution in [0, 0.1) is 0 Å². The molecule has 0 bridgehead atoms. The predicted molar refractivity (Wildman–Crippen MR) is 67.3 cm³/mol. The minimum Gasteiger partial charge on any atom is -0.478 e. The van der Waals surface area contributed by atoms with Crippen molar-refractivity contribution in [2.45, 2.75) is 25.6 Å². The van der Waals surface area contributed by atoms with Crippen molar-refractivity contribution in [1.29, 1.82) is 0 Å². The molecule has 1 amide bonds. The standard InChI is InChI=1S/C11H18N4O4/c1-6(16)13-4-3-8(17)9(18)7-5-14-10(12)11(15-7)19-2/h5,8-9,17-18H,3-4H2,1-2H3,(H2,12,14)(H,13,16). The number of hydrogen-bond acceptors (Lipinski definition) is 7. The molecular formula is C11H18N4O4. The number of nitrogen functional groups attached to an aromatic ring is 1. The molecule has 1 heterocycles. The van der Waals surface area contributed by atoms with Crippen LogP contribution in [0.3, 0.4) is 0 Å². The first-order valence-corrected chi connectivity index (χ1v) is 5.72. The molecule has 0 aliphatic heterocycles. The Labute approximate surface area is 110 Å². The third-order valence-electron chi connectivity index (χ3n) is 2.46. The second kappa shape index (κ2) is 6.86. The van der Waals surface area contributed by atoms with Crippen molar-refractivity contribution in [3.63, 3.8) is 0 Å². The Kier molecular flexibility index (Phi) is 5.46. The van der Waals surface area contributed by atoms with Gasteiger partial charge in [-0.3, -0.25) is 4.79 Å². The molecule has 2 unspecified atom stereocenters. The first-order valence-electron chi connectivity index (χ1n) is 5.72. The predicted octanol–water partition coefficient (Wildman–Crippen LogP) is -1.01. The molecular weight excluding hydrogens is 252 g/mol. The highest BCUT2D eigenvalue weighted by atomic mass is 16.5. The summed E-state index contributed by atoms with van der Waals surface area (Å²) in [6.07, 6.45) is -0.843. The monoisotopic (exact) mass is 270 g/mol. The smallest absolute Gasteiger partial charge is 0.257 e. The molecule has 1 aromatic heterocycles. The Morgan fingerprint density at radius 2 is 2.26 bits per heavy atom. The van der Waals surface area contributed by atoms with E-state index < -0.39 is 12.2 Å². The number of nitrogens with zero attached hydrogens (tertiary/aromatic N) is 2. The number of anilines is 1. The number of aliphatic hydroxyl groups is 2. The molecule has 0 aliphatic rings. The maximum atomic E-state index is 10.7. The van der Waals surface area contributed by atoms with Crippen molar-refractivity contribution in [2.24, 2.45) is 0 Å². The molecule has 0 aliphatic carbocycles. The van der Waals surface area contributed by atoms with Gasteiger partial charge in [0.15, 0.2) is 5.82 Å². The molecule has 8 nitrogen and oxygen atoms in total. The van der Waals surface area contributed by atoms with Crippen LogP contribution in [-0.2, 0) is 4.79 Å². The quantitative estimate of drug-likeness (QED) is 0.520. The number of nitrogens with one attached hydrogen (secondary N) is 1. The number of nitrogens with two attached hydrogens (primary N) is 1. The van der Waals surface area contributed by atoms with Crippen LogP contribution in [0.25, 0.3) is 0 Å². The molecule has 0 radical (unpaired) electrons. The zero-order valence-corrected chi connectivity index (χ0v) is 10.8. The Hall–Kier alpha value is -1.93. The summed E-state index contributed by atoms with van der Waals surface area (Å²) in [7, 11) is 1.38. The third kappa shape index (κ3) is 4.34. The van der Waals surface area contributed by atoms with Crippen molar-refractivity contribution >= 4 is 11.7 Å². The molecule has 19 heavy (non-hydrogen) atoms. The summed E-state index contributed by atoms with van der Waals surface area (Å²) in [6, 6.07) is 0. The van der Waals surface area contributed by atoms with E-state index in [9.17, 15) is 15.0 Å². The number of carbonyl (C=O) groups excluding carboxylic acids is 1. The van der Waals surface area contributed by atoms with Crippen LogP contribution in [0.15, 0.2) is 6.20 Å². The molecule has 8 heteroatoms. The van der Waals surface area contributed by atoms with Gasteiger partial charge in [-0.1, -0.05) is 0 Å². The van der Waals surface area contributed by atoms with Gasteiger partial charge in [0.1, 0.15) is 6.10 Å². The van der Waals surface area contributed by atoms with Gasteiger partial charge in [-0.05, 0) is 6.42 Å². The Bertz CT molecular complexity index is 441. The van der Waals surface area contributed by atoms with Gasteiger partial charge in [0, 0.05) is 13.5 Å². The number of aliphatic hydroxyl groups excluding tert-OH is 2. The average molecular weight is 270 g/mol. The van der Waals surface area contributed by atoms with Gasteiger partial charge in [0.2, 0.25) is 5.91 Å². The van der Waals surface area contributed by atoms with E-state index in [0.717, 1.165) is 0 Å². The zero-order chi connectivity index (χ0) is 14.4. The van der Waals surface area contributed by atoms with Gasteiger partial charge < -0.3 is 26.0 Å². The lowest BCUT2D eigenvalue weighted by atomic mass is 10.1.